The van der Waals surface area contributed by atoms with Gasteiger partial charge in [0.15, 0.2) is 22.8 Å². The zero-order valence-electron chi connectivity index (χ0n) is 24.7. The standard InChI is InChI=1S/C30H33F3N10O2/c1-40-12-14-41(15-13-40)22-8-6-21(7-9-22)35-29(44)34-20-4-2-19(3-5-20)26-36-27(42-16-23-10-11-24(17-42)45-23)25-28(37-26)43(39-38-25)18-30(31,32)33/h2-9,23-24H,10-18H2,1H3,(H2,34,35,44). The molecule has 7 rings (SSSR count). The third kappa shape index (κ3) is 6.49. The molecule has 2 aromatic carbocycles. The molecule has 15 heteroatoms. The summed E-state index contributed by atoms with van der Waals surface area (Å²) in [5.74, 6) is 0.669. The molecule has 3 fully saturated rings. The van der Waals surface area contributed by atoms with Crippen LogP contribution >= 0.6 is 0 Å². The molecule has 3 saturated heterocycles. The molecule has 12 nitrogen and oxygen atoms in total. The van der Waals surface area contributed by atoms with Gasteiger partial charge < -0.3 is 30.1 Å². The Morgan fingerprint density at radius 2 is 1.51 bits per heavy atom. The number of aromatic nitrogens is 5. The van der Waals surface area contributed by atoms with Crippen molar-refractivity contribution in [3.05, 3.63) is 48.5 Å². The number of anilines is 4. The predicted octanol–water partition coefficient (Wildman–Crippen LogP) is 4.21. The third-order valence-electron chi connectivity index (χ3n) is 8.41. The number of fused-ring (bicyclic) bond motifs is 3. The molecule has 2 aromatic heterocycles. The second-order valence-electron chi connectivity index (χ2n) is 11.8. The Morgan fingerprint density at radius 3 is 2.13 bits per heavy atom. The van der Waals surface area contributed by atoms with E-state index in [1.54, 1.807) is 24.3 Å². The van der Waals surface area contributed by atoms with E-state index >= 15 is 0 Å². The molecule has 3 aliphatic heterocycles. The smallest absolute Gasteiger partial charge is 0.371 e. The van der Waals surface area contributed by atoms with Gasteiger partial charge in [0.25, 0.3) is 0 Å². The first-order valence-corrected chi connectivity index (χ1v) is 15.0. The van der Waals surface area contributed by atoms with Crippen molar-refractivity contribution in [3.63, 3.8) is 0 Å². The van der Waals surface area contributed by atoms with E-state index in [2.05, 4.69) is 42.8 Å². The monoisotopic (exact) mass is 622 g/mol. The lowest BCUT2D eigenvalue weighted by Crippen LogP contribution is -2.44. The minimum atomic E-state index is -4.50. The van der Waals surface area contributed by atoms with Crippen LogP contribution in [-0.4, -0.2) is 101 Å². The Hall–Kier alpha value is -4.50. The highest BCUT2D eigenvalue weighted by atomic mass is 19.4. The summed E-state index contributed by atoms with van der Waals surface area (Å²) in [4.78, 5) is 28.5. The highest BCUT2D eigenvalue weighted by molar-refractivity contribution is 6.00. The molecule has 2 N–H and O–H groups in total. The number of amides is 2. The van der Waals surface area contributed by atoms with Gasteiger partial charge in [-0.2, -0.15) is 13.2 Å². The maximum Gasteiger partial charge on any atom is 0.408 e. The summed E-state index contributed by atoms with van der Waals surface area (Å²) >= 11 is 0. The van der Waals surface area contributed by atoms with Crippen molar-refractivity contribution in [2.45, 2.75) is 37.8 Å². The number of carbonyl (C=O) groups excluding carboxylic acids is 1. The zero-order valence-corrected chi connectivity index (χ0v) is 24.7. The van der Waals surface area contributed by atoms with Crippen LogP contribution in [0.25, 0.3) is 22.6 Å². The van der Waals surface area contributed by atoms with Crippen LogP contribution in [0.4, 0.5) is 40.8 Å². The fourth-order valence-corrected chi connectivity index (χ4v) is 6.07. The number of nitrogens with zero attached hydrogens (tertiary/aromatic N) is 8. The molecule has 0 radical (unpaired) electrons. The number of nitrogens with one attached hydrogen (secondary N) is 2. The van der Waals surface area contributed by atoms with Gasteiger partial charge in [-0.25, -0.2) is 19.4 Å². The van der Waals surface area contributed by atoms with E-state index in [4.69, 9.17) is 9.72 Å². The molecule has 2 unspecified atom stereocenters. The lowest BCUT2D eigenvalue weighted by atomic mass is 10.2. The highest BCUT2D eigenvalue weighted by Crippen LogP contribution is 2.33. The van der Waals surface area contributed by atoms with Gasteiger partial charge in [-0.05, 0) is 68.4 Å². The van der Waals surface area contributed by atoms with Crippen LogP contribution in [0.2, 0.25) is 0 Å². The van der Waals surface area contributed by atoms with E-state index < -0.39 is 18.8 Å². The maximum absolute atomic E-state index is 13.3. The number of urea groups is 1. The van der Waals surface area contributed by atoms with Gasteiger partial charge >= 0.3 is 12.2 Å². The molecule has 0 saturated carbocycles. The summed E-state index contributed by atoms with van der Waals surface area (Å²) in [6.07, 6.45) is -2.58. The second-order valence-corrected chi connectivity index (χ2v) is 11.8. The van der Waals surface area contributed by atoms with Crippen LogP contribution in [0.1, 0.15) is 12.8 Å². The molecule has 3 aliphatic rings. The van der Waals surface area contributed by atoms with Crippen molar-refractivity contribution in [2.75, 3.05) is 66.7 Å². The molecule has 2 bridgehead atoms. The summed E-state index contributed by atoms with van der Waals surface area (Å²) in [5.41, 5.74) is 3.10. The van der Waals surface area contributed by atoms with Crippen LogP contribution in [0, 0.1) is 0 Å². The molecule has 2 atom stereocenters. The minimum Gasteiger partial charge on any atom is -0.371 e. The topological polar surface area (TPSA) is 117 Å². The van der Waals surface area contributed by atoms with Crippen molar-refractivity contribution in [2.24, 2.45) is 0 Å². The molecule has 5 heterocycles. The van der Waals surface area contributed by atoms with Crippen molar-refractivity contribution >= 4 is 40.1 Å². The summed E-state index contributed by atoms with van der Waals surface area (Å²) in [5, 5.41) is 13.5. The fourth-order valence-electron chi connectivity index (χ4n) is 6.07. The van der Waals surface area contributed by atoms with Crippen molar-refractivity contribution < 1.29 is 22.7 Å². The average molecular weight is 623 g/mol. The quantitative estimate of drug-likeness (QED) is 0.326. The van der Waals surface area contributed by atoms with Gasteiger partial charge in [-0.3, -0.25) is 0 Å². The molecular formula is C30H33F3N10O2. The second kappa shape index (κ2) is 11.8. The summed E-state index contributed by atoms with van der Waals surface area (Å²) < 4.78 is 46.7. The van der Waals surface area contributed by atoms with Crippen molar-refractivity contribution in [3.8, 4) is 11.4 Å². The molecule has 2 amide bonds. The molecule has 0 aliphatic carbocycles. The third-order valence-corrected chi connectivity index (χ3v) is 8.41. The largest absolute Gasteiger partial charge is 0.408 e. The Balaban J connectivity index is 1.07. The number of hydrogen-bond acceptors (Lipinski definition) is 9. The van der Waals surface area contributed by atoms with E-state index in [1.165, 1.54) is 0 Å². The highest BCUT2D eigenvalue weighted by Gasteiger charge is 2.36. The normalized spacial score (nSPS) is 20.5. The molecule has 236 valence electrons. The van der Waals surface area contributed by atoms with Gasteiger partial charge in [0, 0.05) is 61.9 Å². The Morgan fingerprint density at radius 1 is 0.889 bits per heavy atom. The van der Waals surface area contributed by atoms with Crippen LogP contribution in [0.3, 0.4) is 0 Å². The Bertz CT molecular complexity index is 1660. The first kappa shape index (κ1) is 29.2. The first-order chi connectivity index (χ1) is 21.7. The van der Waals surface area contributed by atoms with E-state index in [0.717, 1.165) is 49.4 Å². The van der Waals surface area contributed by atoms with Gasteiger partial charge in [-0.15, -0.1) is 5.10 Å². The lowest BCUT2D eigenvalue weighted by Gasteiger charge is -2.34. The number of alkyl halides is 3. The number of rotatable bonds is 6. The first-order valence-electron chi connectivity index (χ1n) is 15.0. The zero-order chi connectivity index (χ0) is 31.1. The summed E-state index contributed by atoms with van der Waals surface area (Å²) in [6, 6.07) is 14.2. The Kier molecular flexibility index (Phi) is 7.65. The van der Waals surface area contributed by atoms with Gasteiger partial charge in [0.1, 0.15) is 6.54 Å². The van der Waals surface area contributed by atoms with E-state index in [9.17, 15) is 18.0 Å². The number of morpholine rings is 1. The van der Waals surface area contributed by atoms with Crippen LogP contribution < -0.4 is 20.4 Å². The van der Waals surface area contributed by atoms with Crippen LogP contribution in [-0.2, 0) is 11.3 Å². The van der Waals surface area contributed by atoms with Crippen LogP contribution in [0.15, 0.2) is 48.5 Å². The maximum atomic E-state index is 13.3. The number of hydrogen-bond donors (Lipinski definition) is 2. The minimum absolute atomic E-state index is 0.00591. The number of carbonyl (C=O) groups is 1. The van der Waals surface area contributed by atoms with Gasteiger partial charge in [0.05, 0.1) is 12.2 Å². The number of ether oxygens (including phenoxy) is 1. The summed E-state index contributed by atoms with van der Waals surface area (Å²) in [7, 11) is 2.12. The molecular weight excluding hydrogens is 589 g/mol. The average Bonchev–Trinajstić information content (AvgIpc) is 3.58. The van der Waals surface area contributed by atoms with Crippen LogP contribution in [0.5, 0.6) is 0 Å². The van der Waals surface area contributed by atoms with E-state index in [-0.39, 0.29) is 29.2 Å². The van der Waals surface area contributed by atoms with Gasteiger partial charge in [-0.1, -0.05) is 5.21 Å². The number of likely N-dealkylation sites (N-methyl/N-ethyl adjacent to an activating group) is 1. The van der Waals surface area contributed by atoms with E-state index in [1.807, 2.05) is 29.2 Å². The molecule has 45 heavy (non-hydrogen) atoms. The van der Waals surface area contributed by atoms with E-state index in [0.29, 0.717) is 35.8 Å². The summed E-state index contributed by atoms with van der Waals surface area (Å²) in [6.45, 7) is 3.75. The molecule has 0 spiro atoms. The molecule has 4 aromatic rings. The predicted molar refractivity (Wildman–Crippen MR) is 164 cm³/mol. The number of halogens is 3. The number of piperazine rings is 1. The SMILES string of the molecule is CN1CCN(c2ccc(NC(=O)Nc3ccc(-c4nc(N5CC6CCC(C5)O6)c5nnn(CC(F)(F)F)c5n4)cc3)cc2)CC1. The van der Waals surface area contributed by atoms with Crippen molar-refractivity contribution in [1.82, 2.24) is 29.9 Å². The lowest BCUT2D eigenvalue weighted by molar-refractivity contribution is -0.142. The Labute approximate surface area is 257 Å². The van der Waals surface area contributed by atoms with Gasteiger partial charge in [0.2, 0.25) is 0 Å². The number of benzene rings is 2. The van der Waals surface area contributed by atoms with Crippen molar-refractivity contribution in [1.29, 1.82) is 0 Å². The fraction of sp³-hybridized carbons (Fsp3) is 0.433.